The molecule has 0 spiro atoms. The molecule has 0 fully saturated rings. The number of fused-ring (bicyclic) bond motifs is 1. The Hall–Kier alpha value is -2.16. The van der Waals surface area contributed by atoms with E-state index < -0.39 is 11.5 Å². The number of ketones is 2. The number of aliphatic hydroxyl groups is 1. The van der Waals surface area contributed by atoms with Crippen LogP contribution in [0.2, 0.25) is 0 Å². The molecule has 0 aliphatic heterocycles. The van der Waals surface area contributed by atoms with Gasteiger partial charge in [0.05, 0.1) is 5.57 Å². The van der Waals surface area contributed by atoms with E-state index in [4.69, 9.17) is 0 Å². The Labute approximate surface area is 105 Å². The first-order chi connectivity index (χ1) is 8.45. The third-order valence-corrected chi connectivity index (χ3v) is 3.22. The minimum absolute atomic E-state index is 0.124. The lowest BCUT2D eigenvalue weighted by Crippen LogP contribution is -2.22. The highest BCUT2D eigenvalue weighted by Crippen LogP contribution is 2.30. The number of carbonyl (C=O) groups excluding carboxylic acids is 2. The van der Waals surface area contributed by atoms with Gasteiger partial charge in [0.25, 0.3) is 0 Å². The second-order valence-corrected chi connectivity index (χ2v) is 4.55. The normalized spacial score (nSPS) is 14.6. The molecule has 0 unspecified atom stereocenters. The predicted octanol–water partition coefficient (Wildman–Crippen LogP) is 3.23. The van der Waals surface area contributed by atoms with E-state index >= 15 is 0 Å². The fourth-order valence-electron chi connectivity index (χ4n) is 1.96. The van der Waals surface area contributed by atoms with Crippen molar-refractivity contribution in [3.8, 4) is 0 Å². The van der Waals surface area contributed by atoms with Gasteiger partial charge in [0.15, 0.2) is 11.5 Å². The van der Waals surface area contributed by atoms with Gasteiger partial charge < -0.3 is 5.11 Å². The minimum Gasteiger partial charge on any atom is -0.504 e. The SMILES string of the molecule is CC(C)=C(C)C1=C(O)C(=O)c2ccccc2C1=O. The van der Waals surface area contributed by atoms with Crippen LogP contribution in [0.25, 0.3) is 0 Å². The summed E-state index contributed by atoms with van der Waals surface area (Å²) in [5.74, 6) is -1.22. The Morgan fingerprint density at radius 3 is 1.94 bits per heavy atom. The van der Waals surface area contributed by atoms with E-state index in [9.17, 15) is 14.7 Å². The first-order valence-electron chi connectivity index (χ1n) is 5.71. The van der Waals surface area contributed by atoms with Gasteiger partial charge in [-0.05, 0) is 26.3 Å². The van der Waals surface area contributed by atoms with Gasteiger partial charge in [-0.2, -0.15) is 0 Å². The summed E-state index contributed by atoms with van der Waals surface area (Å²) in [5.41, 5.74) is 2.30. The minimum atomic E-state index is -0.485. The number of allylic oxidation sites excluding steroid dienone is 4. The van der Waals surface area contributed by atoms with Crippen LogP contribution in [0, 0.1) is 0 Å². The first-order valence-corrected chi connectivity index (χ1v) is 5.71. The van der Waals surface area contributed by atoms with Crippen LogP contribution in [0.5, 0.6) is 0 Å². The molecule has 0 saturated heterocycles. The van der Waals surface area contributed by atoms with Crippen LogP contribution >= 0.6 is 0 Å². The summed E-state index contributed by atoms with van der Waals surface area (Å²) in [7, 11) is 0. The van der Waals surface area contributed by atoms with Crippen LogP contribution in [0.1, 0.15) is 41.5 Å². The van der Waals surface area contributed by atoms with E-state index in [0.717, 1.165) is 5.57 Å². The van der Waals surface area contributed by atoms with Crippen molar-refractivity contribution in [2.45, 2.75) is 20.8 Å². The van der Waals surface area contributed by atoms with E-state index in [1.165, 1.54) is 0 Å². The van der Waals surface area contributed by atoms with Gasteiger partial charge in [-0.15, -0.1) is 0 Å². The summed E-state index contributed by atoms with van der Waals surface area (Å²) in [6.07, 6.45) is 0. The summed E-state index contributed by atoms with van der Waals surface area (Å²) in [6, 6.07) is 6.55. The molecule has 1 aliphatic rings. The van der Waals surface area contributed by atoms with Gasteiger partial charge in [-0.25, -0.2) is 0 Å². The second kappa shape index (κ2) is 4.26. The lowest BCUT2D eigenvalue weighted by molar-refractivity contribution is 0.0931. The monoisotopic (exact) mass is 242 g/mol. The zero-order valence-corrected chi connectivity index (χ0v) is 10.6. The molecular formula is C15H14O3. The molecule has 0 radical (unpaired) electrons. The van der Waals surface area contributed by atoms with Crippen LogP contribution in [0.3, 0.4) is 0 Å². The van der Waals surface area contributed by atoms with E-state index in [1.54, 1.807) is 31.2 Å². The van der Waals surface area contributed by atoms with Crippen LogP contribution in [-0.2, 0) is 0 Å². The molecule has 3 heteroatoms. The maximum Gasteiger partial charge on any atom is 0.228 e. The van der Waals surface area contributed by atoms with E-state index in [0.29, 0.717) is 11.1 Å². The van der Waals surface area contributed by atoms with Crippen LogP contribution in [0.4, 0.5) is 0 Å². The number of carbonyl (C=O) groups is 2. The maximum absolute atomic E-state index is 12.3. The van der Waals surface area contributed by atoms with Gasteiger partial charge in [0.2, 0.25) is 5.78 Å². The number of aliphatic hydroxyl groups excluding tert-OH is 1. The van der Waals surface area contributed by atoms with Crippen molar-refractivity contribution in [1.29, 1.82) is 0 Å². The van der Waals surface area contributed by atoms with Crippen LogP contribution in [-0.4, -0.2) is 16.7 Å². The summed E-state index contributed by atoms with van der Waals surface area (Å²) in [4.78, 5) is 24.3. The highest BCUT2D eigenvalue weighted by molar-refractivity contribution is 6.27. The number of rotatable bonds is 1. The molecule has 0 bridgehead atoms. The molecule has 92 valence electrons. The van der Waals surface area contributed by atoms with Crippen molar-refractivity contribution >= 4 is 11.6 Å². The molecule has 0 saturated carbocycles. The lowest BCUT2D eigenvalue weighted by atomic mass is 9.84. The van der Waals surface area contributed by atoms with E-state index in [1.807, 2.05) is 13.8 Å². The Bertz CT molecular complexity index is 614. The lowest BCUT2D eigenvalue weighted by Gasteiger charge is -2.18. The first kappa shape index (κ1) is 12.3. The van der Waals surface area contributed by atoms with Gasteiger partial charge in [0, 0.05) is 11.1 Å². The summed E-state index contributed by atoms with van der Waals surface area (Å²) >= 11 is 0. The molecule has 0 heterocycles. The van der Waals surface area contributed by atoms with Crippen molar-refractivity contribution in [3.05, 3.63) is 57.9 Å². The Balaban J connectivity index is 2.72. The summed E-state index contributed by atoms with van der Waals surface area (Å²) in [5, 5.41) is 9.95. The zero-order valence-electron chi connectivity index (χ0n) is 10.6. The van der Waals surface area contributed by atoms with E-state index in [-0.39, 0.29) is 16.9 Å². The average Bonchev–Trinajstić information content (AvgIpc) is 2.36. The van der Waals surface area contributed by atoms with E-state index in [2.05, 4.69) is 0 Å². The van der Waals surface area contributed by atoms with Crippen molar-refractivity contribution in [2.24, 2.45) is 0 Å². The number of hydrogen-bond donors (Lipinski definition) is 1. The van der Waals surface area contributed by atoms with Crippen molar-refractivity contribution in [2.75, 3.05) is 0 Å². The number of Topliss-reactive ketones (excluding diaryl/α,β-unsaturated/α-hetero) is 2. The molecular weight excluding hydrogens is 228 g/mol. The van der Waals surface area contributed by atoms with Gasteiger partial charge in [-0.1, -0.05) is 29.8 Å². The number of benzene rings is 1. The summed E-state index contributed by atoms with van der Waals surface area (Å²) in [6.45, 7) is 5.42. The molecule has 0 aromatic heterocycles. The van der Waals surface area contributed by atoms with Gasteiger partial charge >= 0.3 is 0 Å². The Morgan fingerprint density at radius 2 is 1.44 bits per heavy atom. The van der Waals surface area contributed by atoms with Gasteiger partial charge in [-0.3, -0.25) is 9.59 Å². The molecule has 0 amide bonds. The fraction of sp³-hybridized carbons (Fsp3) is 0.200. The maximum atomic E-state index is 12.3. The molecule has 18 heavy (non-hydrogen) atoms. The molecule has 0 atom stereocenters. The van der Waals surface area contributed by atoms with Crippen molar-refractivity contribution in [3.63, 3.8) is 0 Å². The molecule has 1 N–H and O–H groups in total. The molecule has 1 aromatic carbocycles. The topological polar surface area (TPSA) is 54.4 Å². The average molecular weight is 242 g/mol. The van der Waals surface area contributed by atoms with Crippen LogP contribution < -0.4 is 0 Å². The number of hydrogen-bond acceptors (Lipinski definition) is 3. The third kappa shape index (κ3) is 1.68. The van der Waals surface area contributed by atoms with Crippen molar-refractivity contribution in [1.82, 2.24) is 0 Å². The fourth-order valence-corrected chi connectivity index (χ4v) is 1.96. The van der Waals surface area contributed by atoms with Crippen LogP contribution in [0.15, 0.2) is 46.7 Å². The highest BCUT2D eigenvalue weighted by atomic mass is 16.3. The molecule has 1 aliphatic carbocycles. The quantitative estimate of drug-likeness (QED) is 0.822. The highest BCUT2D eigenvalue weighted by Gasteiger charge is 2.32. The van der Waals surface area contributed by atoms with Crippen molar-refractivity contribution < 1.29 is 14.7 Å². The third-order valence-electron chi connectivity index (χ3n) is 3.22. The Morgan fingerprint density at radius 1 is 0.944 bits per heavy atom. The molecule has 3 nitrogen and oxygen atoms in total. The Kier molecular flexibility index (Phi) is 2.91. The largest absolute Gasteiger partial charge is 0.504 e. The predicted molar refractivity (Wildman–Crippen MR) is 68.8 cm³/mol. The summed E-state index contributed by atoms with van der Waals surface area (Å²) < 4.78 is 0. The van der Waals surface area contributed by atoms with Gasteiger partial charge in [0.1, 0.15) is 0 Å². The standard InChI is InChI=1S/C15H14O3/c1-8(2)9(3)12-13(16)10-6-4-5-7-11(10)14(17)15(12)18/h4-7,18H,1-3H3. The molecule has 2 rings (SSSR count). The second-order valence-electron chi connectivity index (χ2n) is 4.55. The smallest absolute Gasteiger partial charge is 0.228 e. The molecule has 1 aromatic rings. The zero-order chi connectivity index (χ0) is 13.4.